The van der Waals surface area contributed by atoms with E-state index in [1.165, 1.54) is 0 Å². The molecule has 0 spiro atoms. The summed E-state index contributed by atoms with van der Waals surface area (Å²) >= 11 is 12.4. The van der Waals surface area contributed by atoms with Crippen LogP contribution in [0.25, 0.3) is 0 Å². The Balaban J connectivity index is 1.84. The largest absolute Gasteiger partial charge is 0.447 e. The van der Waals surface area contributed by atoms with Gasteiger partial charge in [-0.3, -0.25) is 5.32 Å². The van der Waals surface area contributed by atoms with Crippen LogP contribution in [0.2, 0.25) is 10.0 Å². The van der Waals surface area contributed by atoms with Gasteiger partial charge in [-0.2, -0.15) is 0 Å². The summed E-state index contributed by atoms with van der Waals surface area (Å²) in [6.07, 6.45) is -0.710. The fourth-order valence-corrected chi connectivity index (χ4v) is 4.24. The Morgan fingerprint density at radius 1 is 1.23 bits per heavy atom. The van der Waals surface area contributed by atoms with E-state index in [4.69, 9.17) is 27.9 Å². The number of ether oxygens (including phenoxy) is 1. The first-order chi connectivity index (χ1) is 12.1. The summed E-state index contributed by atoms with van der Waals surface area (Å²) in [4.78, 5) is 19.5. The van der Waals surface area contributed by atoms with Crippen molar-refractivity contribution in [3.8, 4) is 0 Å². The normalized spacial score (nSPS) is 20.9. The molecule has 26 heavy (non-hydrogen) atoms. The van der Waals surface area contributed by atoms with E-state index in [-0.39, 0.29) is 23.4 Å². The summed E-state index contributed by atoms with van der Waals surface area (Å²) in [7, 11) is 0. The predicted octanol–water partition coefficient (Wildman–Crippen LogP) is 5.89. The number of hydrogen-bond donors (Lipinski definition) is 2. The summed E-state index contributed by atoms with van der Waals surface area (Å²) in [6.45, 7) is 9.95. The van der Waals surface area contributed by atoms with Crippen molar-refractivity contribution in [2.45, 2.75) is 52.6 Å². The highest BCUT2D eigenvalue weighted by Gasteiger charge is 2.60. The quantitative estimate of drug-likeness (QED) is 0.677. The fourth-order valence-electron chi connectivity index (χ4n) is 3.70. The van der Waals surface area contributed by atoms with Crippen LogP contribution in [0.15, 0.2) is 18.2 Å². The topological polar surface area (TPSA) is 67.0 Å². The van der Waals surface area contributed by atoms with Gasteiger partial charge < -0.3 is 9.72 Å². The minimum Gasteiger partial charge on any atom is -0.447 e. The molecule has 1 aromatic heterocycles. The fraction of sp³-hybridized carbons (Fsp3) is 0.474. The van der Waals surface area contributed by atoms with Gasteiger partial charge in [-0.1, -0.05) is 37.0 Å². The van der Waals surface area contributed by atoms with Crippen molar-refractivity contribution >= 4 is 35.2 Å². The van der Waals surface area contributed by atoms with Crippen molar-refractivity contribution in [3.63, 3.8) is 0 Å². The van der Waals surface area contributed by atoms with Crippen molar-refractivity contribution in [1.29, 1.82) is 0 Å². The van der Waals surface area contributed by atoms with Gasteiger partial charge in [-0.05, 0) is 55.9 Å². The second-order valence-electron chi connectivity index (χ2n) is 7.65. The van der Waals surface area contributed by atoms with Crippen LogP contribution in [0.3, 0.4) is 0 Å². The molecule has 0 radical (unpaired) electrons. The molecule has 1 fully saturated rings. The van der Waals surface area contributed by atoms with Gasteiger partial charge in [0, 0.05) is 21.7 Å². The van der Waals surface area contributed by atoms with Gasteiger partial charge in [0.1, 0.15) is 0 Å². The molecule has 2 N–H and O–H groups in total. The summed E-state index contributed by atoms with van der Waals surface area (Å²) in [5.41, 5.74) is 2.99. The van der Waals surface area contributed by atoms with Crippen LogP contribution in [0.1, 0.15) is 56.5 Å². The van der Waals surface area contributed by atoms with E-state index < -0.39 is 6.09 Å². The van der Waals surface area contributed by atoms with E-state index >= 15 is 0 Å². The Bertz CT molecular complexity index is 825. The average Bonchev–Trinajstić information content (AvgIpc) is 2.85. The number of nitrogens with one attached hydrogen (secondary N) is 2. The third-order valence-corrected chi connectivity index (χ3v) is 5.29. The molecule has 0 bridgehead atoms. The molecule has 1 amide bonds. The lowest BCUT2D eigenvalue weighted by atomic mass is 10.0. The lowest BCUT2D eigenvalue weighted by molar-refractivity contribution is 0.129. The first-order valence-electron chi connectivity index (χ1n) is 8.59. The molecular formula is C19H23Cl2N3O2. The predicted molar refractivity (Wildman–Crippen MR) is 104 cm³/mol. The average molecular weight is 396 g/mol. The van der Waals surface area contributed by atoms with Gasteiger partial charge >= 0.3 is 6.09 Å². The number of H-pyrrole nitrogens is 1. The van der Waals surface area contributed by atoms with E-state index in [1.54, 1.807) is 19.9 Å². The number of hydrogen-bond acceptors (Lipinski definition) is 3. The molecule has 3 rings (SSSR count). The molecule has 5 nitrogen and oxygen atoms in total. The molecule has 2 aromatic rings. The smallest absolute Gasteiger partial charge is 0.414 e. The molecule has 0 aliphatic heterocycles. The zero-order valence-electron chi connectivity index (χ0n) is 15.5. The maximum absolute atomic E-state index is 11.8. The van der Waals surface area contributed by atoms with Crippen molar-refractivity contribution in [2.75, 3.05) is 5.32 Å². The lowest BCUT2D eigenvalue weighted by Gasteiger charge is -2.07. The molecule has 1 saturated carbocycles. The third-order valence-electron chi connectivity index (χ3n) is 4.85. The Hall–Kier alpha value is -1.72. The minimum absolute atomic E-state index is 0.0175. The summed E-state index contributed by atoms with van der Waals surface area (Å²) in [5, 5.41) is 3.91. The summed E-state index contributed by atoms with van der Waals surface area (Å²) < 4.78 is 5.10. The third kappa shape index (κ3) is 3.69. The van der Waals surface area contributed by atoms with Crippen molar-refractivity contribution in [3.05, 3.63) is 45.2 Å². The highest BCUT2D eigenvalue weighted by molar-refractivity contribution is 6.34. The number of carbonyl (C=O) groups is 1. The Morgan fingerprint density at radius 2 is 1.85 bits per heavy atom. The van der Waals surface area contributed by atoms with E-state index in [1.807, 2.05) is 19.1 Å². The maximum Gasteiger partial charge on any atom is 0.414 e. The van der Waals surface area contributed by atoms with Crippen LogP contribution in [-0.2, 0) is 4.74 Å². The highest BCUT2D eigenvalue weighted by Crippen LogP contribution is 2.70. The number of aromatic amines is 1. The van der Waals surface area contributed by atoms with E-state index in [0.29, 0.717) is 16.0 Å². The number of rotatable bonds is 4. The molecule has 7 heteroatoms. The second-order valence-corrected chi connectivity index (χ2v) is 8.53. The van der Waals surface area contributed by atoms with Gasteiger partial charge in [0.15, 0.2) is 0 Å². The minimum atomic E-state index is -0.520. The van der Waals surface area contributed by atoms with E-state index in [2.05, 4.69) is 29.1 Å². The van der Waals surface area contributed by atoms with Crippen LogP contribution >= 0.6 is 23.2 Å². The van der Waals surface area contributed by atoms with Crippen LogP contribution in [-0.4, -0.2) is 22.2 Å². The molecule has 1 aromatic carbocycles. The van der Waals surface area contributed by atoms with E-state index in [9.17, 15) is 4.79 Å². The van der Waals surface area contributed by atoms with Gasteiger partial charge in [0.2, 0.25) is 5.95 Å². The SMILES string of the molecule is Cc1[nH]c(NC(=O)OC(C)C)nc1[C@@H]1[C@@H](c2cc(Cl)cc(Cl)c2)C1(C)C. The van der Waals surface area contributed by atoms with Gasteiger partial charge in [0.05, 0.1) is 11.8 Å². The van der Waals surface area contributed by atoms with Gasteiger partial charge in [-0.25, -0.2) is 9.78 Å². The number of imidazole rings is 1. The molecule has 1 aliphatic carbocycles. The van der Waals surface area contributed by atoms with Crippen molar-refractivity contribution < 1.29 is 9.53 Å². The number of benzene rings is 1. The number of aromatic nitrogens is 2. The molecular weight excluding hydrogens is 373 g/mol. The maximum atomic E-state index is 11.8. The number of amides is 1. The highest BCUT2D eigenvalue weighted by atomic mass is 35.5. The number of nitrogens with zero attached hydrogens (tertiary/aromatic N) is 1. The Labute approximate surface area is 163 Å². The zero-order chi connectivity index (χ0) is 19.2. The standard InChI is InChI=1S/C19H23Cl2N3O2/c1-9(2)26-18(25)24-17-22-10(3)16(23-17)15-14(19(15,4)5)11-6-12(20)8-13(21)7-11/h6-9,14-15H,1-5H3,(H2,22,23,24,25)/t14-,15+/m1/s1. The van der Waals surface area contributed by atoms with Crippen molar-refractivity contribution in [2.24, 2.45) is 5.41 Å². The summed E-state index contributed by atoms with van der Waals surface area (Å²) in [6, 6.07) is 5.65. The molecule has 1 aliphatic rings. The van der Waals surface area contributed by atoms with Crippen LogP contribution in [0, 0.1) is 12.3 Å². The van der Waals surface area contributed by atoms with Crippen molar-refractivity contribution in [1.82, 2.24) is 9.97 Å². The van der Waals surface area contributed by atoms with Crippen LogP contribution in [0.4, 0.5) is 10.7 Å². The number of carbonyl (C=O) groups excluding carboxylic acids is 1. The zero-order valence-corrected chi connectivity index (χ0v) is 17.0. The Kier molecular flexibility index (Phi) is 4.97. The van der Waals surface area contributed by atoms with Crippen LogP contribution < -0.4 is 5.32 Å². The van der Waals surface area contributed by atoms with Gasteiger partial charge in [-0.15, -0.1) is 0 Å². The molecule has 2 atom stereocenters. The van der Waals surface area contributed by atoms with Crippen LogP contribution in [0.5, 0.6) is 0 Å². The first-order valence-corrected chi connectivity index (χ1v) is 9.35. The molecule has 0 unspecified atom stereocenters. The van der Waals surface area contributed by atoms with E-state index in [0.717, 1.165) is 17.0 Å². The van der Waals surface area contributed by atoms with Gasteiger partial charge in [0.25, 0.3) is 0 Å². The monoisotopic (exact) mass is 395 g/mol. The number of anilines is 1. The summed E-state index contributed by atoms with van der Waals surface area (Å²) in [5.74, 6) is 0.870. The Morgan fingerprint density at radius 3 is 2.42 bits per heavy atom. The first kappa shape index (κ1) is 19.1. The molecule has 0 saturated heterocycles. The number of aryl methyl sites for hydroxylation is 1. The lowest BCUT2D eigenvalue weighted by Crippen LogP contribution is -2.18. The number of halogens is 2. The molecule has 1 heterocycles. The molecule has 140 valence electrons. The second kappa shape index (κ2) is 6.78.